The number of ether oxygens (including phenoxy) is 1. The molecule has 130 valence electrons. The molecule has 0 fully saturated rings. The van der Waals surface area contributed by atoms with Crippen molar-refractivity contribution >= 4 is 6.03 Å². The molecule has 23 heavy (non-hydrogen) atoms. The van der Waals surface area contributed by atoms with E-state index in [9.17, 15) is 4.79 Å². The van der Waals surface area contributed by atoms with Crippen LogP contribution in [0.1, 0.15) is 52.1 Å². The zero-order chi connectivity index (χ0) is 17.5. The molecule has 0 aliphatic carbocycles. The van der Waals surface area contributed by atoms with E-state index >= 15 is 0 Å². The van der Waals surface area contributed by atoms with E-state index in [4.69, 9.17) is 9.84 Å². The van der Waals surface area contributed by atoms with Gasteiger partial charge in [0.05, 0.1) is 13.2 Å². The maximum atomic E-state index is 12.4. The Kier molecular flexibility index (Phi) is 7.36. The quantitative estimate of drug-likeness (QED) is 0.688. The van der Waals surface area contributed by atoms with Crippen molar-refractivity contribution in [3.8, 4) is 5.75 Å². The Balaban J connectivity index is 2.80. The second-order valence-electron chi connectivity index (χ2n) is 6.48. The first-order chi connectivity index (χ1) is 10.8. The number of amides is 2. The van der Waals surface area contributed by atoms with Crippen molar-refractivity contribution in [3.63, 3.8) is 0 Å². The summed E-state index contributed by atoms with van der Waals surface area (Å²) in [6.07, 6.45) is 1.29. The van der Waals surface area contributed by atoms with Gasteiger partial charge in [0.15, 0.2) is 0 Å². The fraction of sp³-hybridized carbons (Fsp3) is 0.611. The molecule has 5 nitrogen and oxygen atoms in total. The maximum Gasteiger partial charge on any atom is 0.315 e. The number of carbonyl (C=O) groups excluding carboxylic acids is 1. The highest BCUT2D eigenvalue weighted by molar-refractivity contribution is 5.75. The number of aliphatic hydroxyl groups is 1. The van der Waals surface area contributed by atoms with Crippen LogP contribution in [0.4, 0.5) is 4.79 Å². The molecule has 2 amide bonds. The summed E-state index contributed by atoms with van der Waals surface area (Å²) >= 11 is 0. The van der Waals surface area contributed by atoms with E-state index in [1.807, 2.05) is 38.1 Å². The molecule has 0 saturated carbocycles. The highest BCUT2D eigenvalue weighted by atomic mass is 16.5. The molecule has 3 N–H and O–H groups in total. The molecule has 0 aliphatic heterocycles. The standard InChI is InChI=1S/C18H30N2O3/c1-6-18(4,11-12-21)20-17(22)19-16(13(2)3)14-7-9-15(23-5)10-8-14/h7-10,13,16,21H,6,11-12H2,1-5H3,(H2,19,20,22). The van der Waals surface area contributed by atoms with Gasteiger partial charge in [0.25, 0.3) is 0 Å². The summed E-state index contributed by atoms with van der Waals surface area (Å²) in [6.45, 7) is 8.14. The zero-order valence-electron chi connectivity index (χ0n) is 14.8. The Bertz CT molecular complexity index is 488. The van der Waals surface area contributed by atoms with Crippen LogP contribution in [-0.4, -0.2) is 30.4 Å². The lowest BCUT2D eigenvalue weighted by Gasteiger charge is -2.31. The summed E-state index contributed by atoms with van der Waals surface area (Å²) in [6, 6.07) is 7.43. The average Bonchev–Trinajstić information content (AvgIpc) is 2.52. The minimum Gasteiger partial charge on any atom is -0.497 e. The van der Waals surface area contributed by atoms with Crippen molar-refractivity contribution in [2.45, 2.75) is 52.1 Å². The van der Waals surface area contributed by atoms with E-state index in [2.05, 4.69) is 24.5 Å². The fourth-order valence-corrected chi connectivity index (χ4v) is 2.47. The molecule has 0 aliphatic rings. The number of aliphatic hydroxyl groups excluding tert-OH is 1. The molecule has 0 aromatic heterocycles. The number of methoxy groups -OCH3 is 1. The normalized spacial score (nSPS) is 14.9. The molecule has 0 spiro atoms. The molecular formula is C18H30N2O3. The Morgan fingerprint density at radius 1 is 1.30 bits per heavy atom. The van der Waals surface area contributed by atoms with Crippen LogP contribution < -0.4 is 15.4 Å². The molecule has 2 atom stereocenters. The molecule has 0 bridgehead atoms. The highest BCUT2D eigenvalue weighted by Gasteiger charge is 2.26. The smallest absolute Gasteiger partial charge is 0.315 e. The highest BCUT2D eigenvalue weighted by Crippen LogP contribution is 2.24. The van der Waals surface area contributed by atoms with Crippen LogP contribution >= 0.6 is 0 Å². The average molecular weight is 322 g/mol. The Morgan fingerprint density at radius 2 is 1.91 bits per heavy atom. The number of benzene rings is 1. The number of hydrogen-bond acceptors (Lipinski definition) is 3. The van der Waals surface area contributed by atoms with E-state index in [-0.39, 0.29) is 24.6 Å². The number of nitrogens with one attached hydrogen (secondary N) is 2. The van der Waals surface area contributed by atoms with Gasteiger partial charge < -0.3 is 20.5 Å². The van der Waals surface area contributed by atoms with Gasteiger partial charge in [-0.25, -0.2) is 4.79 Å². The molecule has 1 aromatic carbocycles. The summed E-state index contributed by atoms with van der Waals surface area (Å²) in [5, 5.41) is 15.2. The van der Waals surface area contributed by atoms with Gasteiger partial charge >= 0.3 is 6.03 Å². The second-order valence-corrected chi connectivity index (χ2v) is 6.48. The SMILES string of the molecule is CCC(C)(CCO)NC(=O)NC(c1ccc(OC)cc1)C(C)C. The van der Waals surface area contributed by atoms with Crippen molar-refractivity contribution in [1.82, 2.24) is 10.6 Å². The van der Waals surface area contributed by atoms with E-state index < -0.39 is 5.54 Å². The molecular weight excluding hydrogens is 292 g/mol. The van der Waals surface area contributed by atoms with Crippen molar-refractivity contribution < 1.29 is 14.6 Å². The molecule has 5 heteroatoms. The van der Waals surface area contributed by atoms with Gasteiger partial charge in [-0.05, 0) is 43.4 Å². The molecule has 0 radical (unpaired) electrons. The zero-order valence-corrected chi connectivity index (χ0v) is 14.8. The van der Waals surface area contributed by atoms with Crippen LogP contribution in [0.3, 0.4) is 0 Å². The van der Waals surface area contributed by atoms with E-state index in [1.165, 1.54) is 0 Å². The van der Waals surface area contributed by atoms with Crippen molar-refractivity contribution in [1.29, 1.82) is 0 Å². The third kappa shape index (κ3) is 5.75. The molecule has 1 rings (SSSR count). The predicted octanol–water partition coefficient (Wildman–Crippen LogP) is 3.24. The van der Waals surface area contributed by atoms with Crippen LogP contribution in [0.25, 0.3) is 0 Å². The van der Waals surface area contributed by atoms with Gasteiger partial charge in [-0.1, -0.05) is 32.9 Å². The largest absolute Gasteiger partial charge is 0.497 e. The predicted molar refractivity (Wildman–Crippen MR) is 92.6 cm³/mol. The Morgan fingerprint density at radius 3 is 2.35 bits per heavy atom. The number of rotatable bonds is 8. The van der Waals surface area contributed by atoms with Gasteiger partial charge in [-0.3, -0.25) is 0 Å². The number of carbonyl (C=O) groups is 1. The summed E-state index contributed by atoms with van der Waals surface area (Å²) in [4.78, 5) is 12.4. The molecule has 2 unspecified atom stereocenters. The first-order valence-corrected chi connectivity index (χ1v) is 8.18. The monoisotopic (exact) mass is 322 g/mol. The summed E-state index contributed by atoms with van der Waals surface area (Å²) in [5.41, 5.74) is 0.636. The number of hydrogen-bond donors (Lipinski definition) is 3. The van der Waals surface area contributed by atoms with Crippen LogP contribution in [0.5, 0.6) is 5.75 Å². The third-order valence-corrected chi connectivity index (χ3v) is 4.29. The van der Waals surface area contributed by atoms with Gasteiger partial charge in [0, 0.05) is 12.1 Å². The Hall–Kier alpha value is -1.75. The molecule has 0 heterocycles. The lowest BCUT2D eigenvalue weighted by atomic mass is 9.94. The first-order valence-electron chi connectivity index (χ1n) is 8.18. The summed E-state index contributed by atoms with van der Waals surface area (Å²) in [5.74, 6) is 1.04. The fourth-order valence-electron chi connectivity index (χ4n) is 2.47. The van der Waals surface area contributed by atoms with Gasteiger partial charge in [0.2, 0.25) is 0 Å². The lowest BCUT2D eigenvalue weighted by Crippen LogP contribution is -2.51. The van der Waals surface area contributed by atoms with Crippen molar-refractivity contribution in [2.24, 2.45) is 5.92 Å². The minimum atomic E-state index is -0.403. The van der Waals surface area contributed by atoms with E-state index in [1.54, 1.807) is 7.11 Å². The summed E-state index contributed by atoms with van der Waals surface area (Å²) < 4.78 is 5.17. The molecule has 1 aromatic rings. The van der Waals surface area contributed by atoms with Gasteiger partial charge in [-0.15, -0.1) is 0 Å². The topological polar surface area (TPSA) is 70.6 Å². The minimum absolute atomic E-state index is 0.0523. The van der Waals surface area contributed by atoms with Crippen LogP contribution in [0, 0.1) is 5.92 Å². The maximum absolute atomic E-state index is 12.4. The number of urea groups is 1. The lowest BCUT2D eigenvalue weighted by molar-refractivity contribution is 0.196. The van der Waals surface area contributed by atoms with E-state index in [0.717, 1.165) is 17.7 Å². The van der Waals surface area contributed by atoms with Gasteiger partial charge in [0.1, 0.15) is 5.75 Å². The molecule has 0 saturated heterocycles. The van der Waals surface area contributed by atoms with Crippen LogP contribution in [0.2, 0.25) is 0 Å². The van der Waals surface area contributed by atoms with Crippen LogP contribution in [0.15, 0.2) is 24.3 Å². The second kappa shape index (κ2) is 8.77. The van der Waals surface area contributed by atoms with Crippen molar-refractivity contribution in [2.75, 3.05) is 13.7 Å². The Labute approximate surface area is 139 Å². The van der Waals surface area contributed by atoms with Gasteiger partial charge in [-0.2, -0.15) is 0 Å². The van der Waals surface area contributed by atoms with E-state index in [0.29, 0.717) is 6.42 Å². The van der Waals surface area contributed by atoms with Crippen LogP contribution in [-0.2, 0) is 0 Å². The summed E-state index contributed by atoms with van der Waals surface area (Å²) in [7, 11) is 1.63. The first kappa shape index (κ1) is 19.3. The third-order valence-electron chi connectivity index (χ3n) is 4.29. The van der Waals surface area contributed by atoms with Crippen molar-refractivity contribution in [3.05, 3.63) is 29.8 Å².